The number of rotatable bonds is 3. The van der Waals surface area contributed by atoms with Gasteiger partial charge in [-0.15, -0.1) is 5.54 Å². The molecule has 5 heteroatoms. The topological polar surface area (TPSA) is 52.3 Å². The standard InChI is InChI=1S/C15H18ClNO2Si/c1-9(2)7-10-8-12(15(18)19-3)13(16)11(14(10)17)5-6-20-4/h8-9H,7,17H2,1-4H3. The van der Waals surface area contributed by atoms with Crippen LogP contribution in [0, 0.1) is 17.4 Å². The third-order valence-corrected chi connectivity index (χ3v) is 3.50. The molecule has 3 nitrogen and oxygen atoms in total. The van der Waals surface area contributed by atoms with E-state index in [2.05, 4.69) is 25.3 Å². The van der Waals surface area contributed by atoms with Gasteiger partial charge in [0.25, 0.3) is 0 Å². The normalized spacial score (nSPS) is 10.1. The highest BCUT2D eigenvalue weighted by atomic mass is 35.5. The van der Waals surface area contributed by atoms with Crippen molar-refractivity contribution in [2.45, 2.75) is 26.8 Å². The summed E-state index contributed by atoms with van der Waals surface area (Å²) in [6.45, 7) is 6.14. The van der Waals surface area contributed by atoms with Crippen LogP contribution in [0.3, 0.4) is 0 Å². The van der Waals surface area contributed by atoms with Crippen molar-refractivity contribution in [2.24, 2.45) is 5.92 Å². The quantitative estimate of drug-likeness (QED) is 0.404. The van der Waals surface area contributed by atoms with E-state index in [1.807, 2.05) is 6.55 Å². The smallest absolute Gasteiger partial charge is 0.339 e. The molecule has 1 aromatic carbocycles. The number of halogens is 1. The van der Waals surface area contributed by atoms with Gasteiger partial charge in [-0.2, -0.15) is 0 Å². The van der Waals surface area contributed by atoms with Gasteiger partial charge in [-0.3, -0.25) is 0 Å². The number of benzene rings is 1. The van der Waals surface area contributed by atoms with Crippen molar-refractivity contribution in [1.82, 2.24) is 0 Å². The molecule has 0 aliphatic heterocycles. The minimum atomic E-state index is -0.470. The molecule has 2 N–H and O–H groups in total. The first-order valence-corrected chi connectivity index (χ1v) is 8.17. The SMILES string of the molecule is COC(=O)c1cc(CC(C)C)c(N)c(C#C[Si]C)c1Cl. The van der Waals surface area contributed by atoms with Crippen LogP contribution in [-0.2, 0) is 11.2 Å². The Kier molecular flexibility index (Phi) is 6.12. The van der Waals surface area contributed by atoms with Gasteiger partial charge in [0.2, 0.25) is 0 Å². The summed E-state index contributed by atoms with van der Waals surface area (Å²) in [6.07, 6.45) is 0.760. The van der Waals surface area contributed by atoms with Crippen LogP contribution in [0.25, 0.3) is 0 Å². The molecule has 20 heavy (non-hydrogen) atoms. The van der Waals surface area contributed by atoms with Crippen LogP contribution in [0.4, 0.5) is 5.69 Å². The number of nitrogens with two attached hydrogens (primary N) is 1. The highest BCUT2D eigenvalue weighted by Crippen LogP contribution is 2.31. The van der Waals surface area contributed by atoms with E-state index in [-0.39, 0.29) is 5.02 Å². The molecule has 0 heterocycles. The largest absolute Gasteiger partial charge is 0.465 e. The summed E-state index contributed by atoms with van der Waals surface area (Å²) in [5, 5.41) is 0.271. The van der Waals surface area contributed by atoms with Gasteiger partial charge < -0.3 is 10.5 Å². The Morgan fingerprint density at radius 2 is 2.20 bits per heavy atom. The second kappa shape index (κ2) is 7.37. The van der Waals surface area contributed by atoms with Crippen LogP contribution in [0.2, 0.25) is 11.6 Å². The number of hydrogen-bond acceptors (Lipinski definition) is 3. The van der Waals surface area contributed by atoms with Gasteiger partial charge in [-0.05, 0) is 24.0 Å². The predicted octanol–water partition coefficient (Wildman–Crippen LogP) is 2.97. The van der Waals surface area contributed by atoms with Gasteiger partial charge in [0.1, 0.15) is 9.52 Å². The third-order valence-electron chi connectivity index (χ3n) is 2.74. The van der Waals surface area contributed by atoms with Gasteiger partial charge in [0.15, 0.2) is 0 Å². The molecule has 0 amide bonds. The zero-order chi connectivity index (χ0) is 15.3. The molecule has 0 fully saturated rings. The summed E-state index contributed by atoms with van der Waals surface area (Å²) >= 11 is 6.25. The average Bonchev–Trinajstić information content (AvgIpc) is 2.40. The number of ether oxygens (including phenoxy) is 1. The van der Waals surface area contributed by atoms with Crippen LogP contribution in [-0.4, -0.2) is 22.6 Å². The molecule has 1 rings (SSSR count). The van der Waals surface area contributed by atoms with Gasteiger partial charge >= 0.3 is 5.97 Å². The van der Waals surface area contributed by atoms with Gasteiger partial charge in [-0.25, -0.2) is 4.79 Å². The Hall–Kier alpha value is -1.44. The number of methoxy groups -OCH3 is 1. The number of esters is 1. The van der Waals surface area contributed by atoms with E-state index in [1.165, 1.54) is 7.11 Å². The monoisotopic (exact) mass is 307 g/mol. The molecule has 1 aromatic rings. The number of carbonyl (C=O) groups excluding carboxylic acids is 1. The lowest BCUT2D eigenvalue weighted by Gasteiger charge is -2.14. The third kappa shape index (κ3) is 3.78. The number of anilines is 1. The number of hydrogen-bond donors (Lipinski definition) is 1. The van der Waals surface area contributed by atoms with Gasteiger partial charge in [0.05, 0.1) is 28.9 Å². The van der Waals surface area contributed by atoms with E-state index in [9.17, 15) is 4.79 Å². The molecule has 0 atom stereocenters. The average molecular weight is 308 g/mol. The summed E-state index contributed by atoms with van der Waals surface area (Å²) < 4.78 is 4.77. The maximum atomic E-state index is 11.8. The second-order valence-electron chi connectivity index (χ2n) is 4.78. The first kappa shape index (κ1) is 16.6. The molecule has 0 aliphatic rings. The molecular formula is C15H18ClNO2Si. The molecule has 0 aliphatic carbocycles. The van der Waals surface area contributed by atoms with E-state index in [4.69, 9.17) is 22.1 Å². The Morgan fingerprint density at radius 1 is 1.55 bits per heavy atom. The summed E-state index contributed by atoms with van der Waals surface area (Å²) in [7, 11) is 1.80. The van der Waals surface area contributed by atoms with Gasteiger partial charge in [0, 0.05) is 0 Å². The van der Waals surface area contributed by atoms with Crippen LogP contribution < -0.4 is 5.73 Å². The molecule has 0 aromatic heterocycles. The van der Waals surface area contributed by atoms with E-state index in [1.54, 1.807) is 6.07 Å². The molecular weight excluding hydrogens is 290 g/mol. The summed E-state index contributed by atoms with van der Waals surface area (Å²) in [4.78, 5) is 11.8. The zero-order valence-electron chi connectivity index (χ0n) is 12.1. The Labute approximate surface area is 127 Å². The zero-order valence-corrected chi connectivity index (χ0v) is 13.9. The lowest BCUT2D eigenvalue weighted by Crippen LogP contribution is -2.09. The fourth-order valence-corrected chi connectivity index (χ4v) is 2.37. The summed E-state index contributed by atoms with van der Waals surface area (Å²) in [5.41, 5.74) is 11.4. The van der Waals surface area contributed by atoms with Crippen LogP contribution in [0.15, 0.2) is 6.07 Å². The number of nitrogen functional groups attached to an aromatic ring is 1. The van der Waals surface area contributed by atoms with E-state index >= 15 is 0 Å². The van der Waals surface area contributed by atoms with Crippen LogP contribution in [0.5, 0.6) is 0 Å². The minimum absolute atomic E-state index is 0.271. The Bertz CT molecular complexity index is 573. The van der Waals surface area contributed by atoms with Crippen LogP contribution >= 0.6 is 11.6 Å². The lowest BCUT2D eigenvalue weighted by molar-refractivity contribution is 0.0601. The highest BCUT2D eigenvalue weighted by molar-refractivity contribution is 6.44. The second-order valence-corrected chi connectivity index (χ2v) is 5.90. The van der Waals surface area contributed by atoms with Crippen molar-refractivity contribution in [3.8, 4) is 11.5 Å². The van der Waals surface area contributed by atoms with E-state index < -0.39 is 5.97 Å². The molecule has 0 unspecified atom stereocenters. The molecule has 0 saturated carbocycles. The van der Waals surface area contributed by atoms with Crippen molar-refractivity contribution < 1.29 is 9.53 Å². The fraction of sp³-hybridized carbons (Fsp3) is 0.400. The molecule has 0 bridgehead atoms. The fourth-order valence-electron chi connectivity index (χ4n) is 1.84. The number of carbonyl (C=O) groups is 1. The summed E-state index contributed by atoms with van der Waals surface area (Å²) in [5.74, 6) is 2.91. The Morgan fingerprint density at radius 3 is 2.70 bits per heavy atom. The maximum Gasteiger partial charge on any atom is 0.339 e. The predicted molar refractivity (Wildman–Crippen MR) is 84.2 cm³/mol. The highest BCUT2D eigenvalue weighted by Gasteiger charge is 2.19. The van der Waals surface area contributed by atoms with E-state index in [0.29, 0.717) is 32.3 Å². The summed E-state index contributed by atoms with van der Waals surface area (Å²) in [6, 6.07) is 1.71. The first-order valence-electron chi connectivity index (χ1n) is 6.29. The van der Waals surface area contributed by atoms with Gasteiger partial charge in [-0.1, -0.05) is 37.9 Å². The maximum absolute atomic E-state index is 11.8. The lowest BCUT2D eigenvalue weighted by atomic mass is 9.96. The van der Waals surface area contributed by atoms with E-state index in [0.717, 1.165) is 12.0 Å². The molecule has 0 saturated heterocycles. The van der Waals surface area contributed by atoms with Crippen LogP contribution in [0.1, 0.15) is 35.3 Å². The Balaban J connectivity index is 3.51. The van der Waals surface area contributed by atoms with Crippen molar-refractivity contribution in [2.75, 3.05) is 12.8 Å². The molecule has 106 valence electrons. The van der Waals surface area contributed by atoms with Crippen molar-refractivity contribution in [1.29, 1.82) is 0 Å². The van der Waals surface area contributed by atoms with Crippen molar-refractivity contribution in [3.63, 3.8) is 0 Å². The minimum Gasteiger partial charge on any atom is -0.465 e. The molecule has 2 radical (unpaired) electrons. The van der Waals surface area contributed by atoms with Crippen molar-refractivity contribution in [3.05, 3.63) is 27.8 Å². The first-order chi connectivity index (χ1) is 9.42. The van der Waals surface area contributed by atoms with Crippen molar-refractivity contribution >= 4 is 32.8 Å². The molecule has 0 spiro atoms.